The largest absolute Gasteiger partial charge is 0.352 e. The average molecular weight is 338 g/mol. The summed E-state index contributed by atoms with van der Waals surface area (Å²) in [6, 6.07) is 6.86. The van der Waals surface area contributed by atoms with Gasteiger partial charge in [-0.05, 0) is 37.0 Å². The smallest absolute Gasteiger partial charge is 0.251 e. The summed E-state index contributed by atoms with van der Waals surface area (Å²) in [6.45, 7) is 4.05. The van der Waals surface area contributed by atoms with Crippen LogP contribution in [0.1, 0.15) is 54.9 Å². The Bertz CT molecular complexity index is 605. The van der Waals surface area contributed by atoms with Crippen molar-refractivity contribution in [1.29, 1.82) is 0 Å². The minimum atomic E-state index is -3.23. The van der Waals surface area contributed by atoms with Gasteiger partial charge >= 0.3 is 0 Å². The van der Waals surface area contributed by atoms with Gasteiger partial charge in [-0.3, -0.25) is 4.79 Å². The number of hydrogen-bond donors (Lipinski definition) is 1. The SMILES string of the molecule is CCCCCNC(=O)c1ccc(CS(=O)(=O)N2CCCC2)cc1. The lowest BCUT2D eigenvalue weighted by atomic mass is 10.1. The standard InChI is InChI=1S/C17H26N2O3S/c1-2-3-4-11-18-17(20)16-9-7-15(8-10-16)14-23(21,22)19-12-5-6-13-19/h7-10H,2-6,11-14H2,1H3,(H,18,20). The van der Waals surface area contributed by atoms with Crippen molar-refractivity contribution in [2.24, 2.45) is 0 Å². The number of nitrogens with zero attached hydrogens (tertiary/aromatic N) is 1. The summed E-state index contributed by atoms with van der Waals surface area (Å²) < 4.78 is 26.1. The van der Waals surface area contributed by atoms with Crippen molar-refractivity contribution in [3.05, 3.63) is 35.4 Å². The maximum atomic E-state index is 12.3. The van der Waals surface area contributed by atoms with Crippen molar-refractivity contribution in [1.82, 2.24) is 9.62 Å². The van der Waals surface area contributed by atoms with Gasteiger partial charge in [-0.2, -0.15) is 0 Å². The first-order valence-corrected chi connectivity index (χ1v) is 9.99. The van der Waals surface area contributed by atoms with E-state index in [0.29, 0.717) is 25.2 Å². The predicted molar refractivity (Wildman–Crippen MR) is 91.7 cm³/mol. The number of hydrogen-bond acceptors (Lipinski definition) is 3. The van der Waals surface area contributed by atoms with Crippen molar-refractivity contribution < 1.29 is 13.2 Å². The van der Waals surface area contributed by atoms with Crippen LogP contribution in [0.5, 0.6) is 0 Å². The van der Waals surface area contributed by atoms with Crippen LogP contribution in [0, 0.1) is 0 Å². The van der Waals surface area contributed by atoms with Crippen LogP contribution in [0.4, 0.5) is 0 Å². The van der Waals surface area contributed by atoms with E-state index in [1.54, 1.807) is 28.6 Å². The van der Waals surface area contributed by atoms with Crippen LogP contribution in [0.3, 0.4) is 0 Å². The van der Waals surface area contributed by atoms with Crippen molar-refractivity contribution in [3.8, 4) is 0 Å². The first-order chi connectivity index (χ1) is 11.0. The molecule has 1 aromatic carbocycles. The molecule has 1 fully saturated rings. The monoisotopic (exact) mass is 338 g/mol. The Morgan fingerprint density at radius 3 is 2.39 bits per heavy atom. The number of amides is 1. The Labute approximate surface area is 139 Å². The highest BCUT2D eigenvalue weighted by molar-refractivity contribution is 7.88. The van der Waals surface area contributed by atoms with Crippen molar-refractivity contribution in [2.75, 3.05) is 19.6 Å². The number of benzene rings is 1. The zero-order valence-corrected chi connectivity index (χ0v) is 14.6. The lowest BCUT2D eigenvalue weighted by Gasteiger charge is -2.15. The molecule has 0 bridgehead atoms. The second-order valence-corrected chi connectivity index (χ2v) is 7.99. The third-order valence-corrected chi connectivity index (χ3v) is 5.94. The average Bonchev–Trinajstić information content (AvgIpc) is 3.07. The lowest BCUT2D eigenvalue weighted by molar-refractivity contribution is 0.0953. The van der Waals surface area contributed by atoms with Crippen LogP contribution in [0.15, 0.2) is 24.3 Å². The van der Waals surface area contributed by atoms with Gasteiger partial charge < -0.3 is 5.32 Å². The van der Waals surface area contributed by atoms with Crippen LogP contribution < -0.4 is 5.32 Å². The molecule has 1 N–H and O–H groups in total. The normalized spacial score (nSPS) is 15.7. The summed E-state index contributed by atoms with van der Waals surface area (Å²) in [5.41, 5.74) is 1.29. The summed E-state index contributed by atoms with van der Waals surface area (Å²) in [4.78, 5) is 12.0. The number of sulfonamides is 1. The molecule has 0 radical (unpaired) electrons. The predicted octanol–water partition coefficient (Wildman–Crippen LogP) is 2.53. The topological polar surface area (TPSA) is 66.5 Å². The molecule has 2 rings (SSSR count). The van der Waals surface area contributed by atoms with Crippen molar-refractivity contribution >= 4 is 15.9 Å². The summed E-state index contributed by atoms with van der Waals surface area (Å²) in [5.74, 6) is -0.0964. The molecule has 1 aliphatic heterocycles. The zero-order chi connectivity index (χ0) is 16.7. The third-order valence-electron chi connectivity index (χ3n) is 4.09. The van der Waals surface area contributed by atoms with Crippen molar-refractivity contribution in [3.63, 3.8) is 0 Å². The van der Waals surface area contributed by atoms with E-state index in [2.05, 4.69) is 12.2 Å². The molecule has 128 valence electrons. The Hall–Kier alpha value is -1.40. The number of rotatable bonds is 8. The van der Waals surface area contributed by atoms with Crippen molar-refractivity contribution in [2.45, 2.75) is 44.8 Å². The van der Waals surface area contributed by atoms with Gasteiger partial charge in [-0.1, -0.05) is 31.9 Å². The van der Waals surface area contributed by atoms with Gasteiger partial charge in [0.25, 0.3) is 5.91 Å². The molecule has 0 saturated carbocycles. The Kier molecular flexibility index (Phi) is 6.59. The van der Waals surface area contributed by atoms with Gasteiger partial charge in [0.2, 0.25) is 10.0 Å². The molecule has 0 aromatic heterocycles. The summed E-state index contributed by atoms with van der Waals surface area (Å²) in [7, 11) is -3.23. The molecule has 0 spiro atoms. The van der Waals surface area contributed by atoms with E-state index in [1.165, 1.54) is 0 Å². The molecule has 1 aromatic rings. The van der Waals surface area contributed by atoms with Crippen LogP contribution >= 0.6 is 0 Å². The Morgan fingerprint density at radius 2 is 1.78 bits per heavy atom. The lowest BCUT2D eigenvalue weighted by Crippen LogP contribution is -2.29. The van der Waals surface area contributed by atoms with Gasteiger partial charge in [0.1, 0.15) is 0 Å². The molecule has 0 aliphatic carbocycles. The minimum Gasteiger partial charge on any atom is -0.352 e. The summed E-state index contributed by atoms with van der Waals surface area (Å²) in [6.07, 6.45) is 5.09. The Morgan fingerprint density at radius 1 is 1.13 bits per heavy atom. The van der Waals surface area contributed by atoms with Gasteiger partial charge in [0.05, 0.1) is 5.75 Å². The molecular formula is C17H26N2O3S. The van der Waals surface area contributed by atoms with Gasteiger partial charge in [0, 0.05) is 25.2 Å². The minimum absolute atomic E-state index is 0.00536. The van der Waals surface area contributed by atoms with E-state index in [0.717, 1.165) is 37.7 Å². The number of unbranched alkanes of at least 4 members (excludes halogenated alkanes) is 2. The maximum absolute atomic E-state index is 12.3. The van der Waals surface area contributed by atoms with Gasteiger partial charge in [-0.15, -0.1) is 0 Å². The van der Waals surface area contributed by atoms with E-state index in [9.17, 15) is 13.2 Å². The first kappa shape index (κ1) is 17.9. The van der Waals surface area contributed by atoms with E-state index in [-0.39, 0.29) is 11.7 Å². The molecule has 1 heterocycles. The quantitative estimate of drug-likeness (QED) is 0.741. The number of nitrogens with one attached hydrogen (secondary N) is 1. The van der Waals surface area contributed by atoms with E-state index < -0.39 is 10.0 Å². The molecular weight excluding hydrogens is 312 g/mol. The van der Waals surface area contributed by atoms with E-state index in [4.69, 9.17) is 0 Å². The fourth-order valence-electron chi connectivity index (χ4n) is 2.70. The summed E-state index contributed by atoms with van der Waals surface area (Å²) >= 11 is 0. The highest BCUT2D eigenvalue weighted by Gasteiger charge is 2.25. The van der Waals surface area contributed by atoms with Crippen LogP contribution in [0.25, 0.3) is 0 Å². The summed E-state index contributed by atoms with van der Waals surface area (Å²) in [5, 5.41) is 2.88. The number of carbonyl (C=O) groups is 1. The molecule has 0 atom stereocenters. The van der Waals surface area contributed by atoms with E-state index in [1.807, 2.05) is 0 Å². The molecule has 5 nitrogen and oxygen atoms in total. The molecule has 23 heavy (non-hydrogen) atoms. The molecule has 1 amide bonds. The molecule has 0 unspecified atom stereocenters. The first-order valence-electron chi connectivity index (χ1n) is 8.38. The second-order valence-electron chi connectivity index (χ2n) is 6.02. The molecule has 1 aliphatic rings. The van der Waals surface area contributed by atoms with Crippen LogP contribution in [-0.4, -0.2) is 38.3 Å². The highest BCUT2D eigenvalue weighted by atomic mass is 32.2. The fraction of sp³-hybridized carbons (Fsp3) is 0.588. The maximum Gasteiger partial charge on any atom is 0.251 e. The van der Waals surface area contributed by atoms with Gasteiger partial charge in [-0.25, -0.2) is 12.7 Å². The van der Waals surface area contributed by atoms with Gasteiger partial charge in [0.15, 0.2) is 0 Å². The highest BCUT2D eigenvalue weighted by Crippen LogP contribution is 2.17. The van der Waals surface area contributed by atoms with Crippen LogP contribution in [0.2, 0.25) is 0 Å². The number of carbonyl (C=O) groups excluding carboxylic acids is 1. The molecule has 1 saturated heterocycles. The van der Waals surface area contributed by atoms with E-state index >= 15 is 0 Å². The fourth-order valence-corrected chi connectivity index (χ4v) is 4.31. The Balaban J connectivity index is 1.90. The second kappa shape index (κ2) is 8.45. The third kappa shape index (κ3) is 5.32. The van der Waals surface area contributed by atoms with Crippen LogP contribution in [-0.2, 0) is 15.8 Å². The zero-order valence-electron chi connectivity index (χ0n) is 13.8. The molecule has 6 heteroatoms.